The summed E-state index contributed by atoms with van der Waals surface area (Å²) >= 11 is 2.10. The van der Waals surface area contributed by atoms with Gasteiger partial charge in [0.05, 0.1) is 12.3 Å². The van der Waals surface area contributed by atoms with Crippen molar-refractivity contribution in [3.05, 3.63) is 24.2 Å². The Morgan fingerprint density at radius 1 is 1.47 bits per heavy atom. The molecule has 1 fully saturated rings. The maximum Gasteiger partial charge on any atom is 0.120 e. The zero-order valence-electron chi connectivity index (χ0n) is 10.7. The second-order valence-electron chi connectivity index (χ2n) is 4.81. The lowest BCUT2D eigenvalue weighted by molar-refractivity contribution is 0.328. The quantitative estimate of drug-likeness (QED) is 0.833. The molecule has 0 amide bonds. The van der Waals surface area contributed by atoms with E-state index in [-0.39, 0.29) is 0 Å². The molecule has 3 heteroatoms. The average molecular weight is 253 g/mol. The smallest absolute Gasteiger partial charge is 0.120 e. The van der Waals surface area contributed by atoms with Gasteiger partial charge in [0.15, 0.2) is 0 Å². The third-order valence-electron chi connectivity index (χ3n) is 3.44. The van der Waals surface area contributed by atoms with Crippen LogP contribution in [0, 0.1) is 5.92 Å². The zero-order chi connectivity index (χ0) is 11.9. The molecule has 1 unspecified atom stereocenters. The van der Waals surface area contributed by atoms with Crippen molar-refractivity contribution >= 4 is 11.8 Å². The van der Waals surface area contributed by atoms with E-state index in [1.165, 1.54) is 37.2 Å². The molecule has 0 spiro atoms. The summed E-state index contributed by atoms with van der Waals surface area (Å²) in [5, 5.41) is 3.62. The standard InChI is InChI=1S/C14H23NOS/c1-2-7-15-13(14-4-3-8-16-14)11-12-5-9-17-10-6-12/h3-4,8,12-13,15H,2,5-7,9-11H2,1H3. The molecule has 2 heterocycles. The average Bonchev–Trinajstić information content (AvgIpc) is 2.89. The first-order valence-electron chi connectivity index (χ1n) is 6.74. The van der Waals surface area contributed by atoms with Gasteiger partial charge in [-0.1, -0.05) is 6.92 Å². The Hall–Kier alpha value is -0.410. The fraction of sp³-hybridized carbons (Fsp3) is 0.714. The first-order valence-corrected chi connectivity index (χ1v) is 7.90. The zero-order valence-corrected chi connectivity index (χ0v) is 11.5. The molecular weight excluding hydrogens is 230 g/mol. The van der Waals surface area contributed by atoms with Gasteiger partial charge in [0.2, 0.25) is 0 Å². The molecule has 1 aliphatic heterocycles. The number of nitrogens with one attached hydrogen (secondary N) is 1. The highest BCUT2D eigenvalue weighted by atomic mass is 32.2. The first kappa shape index (κ1) is 13.0. The van der Waals surface area contributed by atoms with Crippen molar-refractivity contribution in [2.24, 2.45) is 5.92 Å². The lowest BCUT2D eigenvalue weighted by atomic mass is 9.93. The third kappa shape index (κ3) is 4.07. The normalized spacial score (nSPS) is 19.4. The van der Waals surface area contributed by atoms with Gasteiger partial charge in [-0.3, -0.25) is 0 Å². The highest BCUT2D eigenvalue weighted by Gasteiger charge is 2.21. The van der Waals surface area contributed by atoms with Crippen molar-refractivity contribution in [1.82, 2.24) is 5.32 Å². The molecule has 2 rings (SSSR count). The van der Waals surface area contributed by atoms with Crippen LogP contribution in [0.25, 0.3) is 0 Å². The van der Waals surface area contributed by atoms with Crippen molar-refractivity contribution in [3.63, 3.8) is 0 Å². The molecule has 0 saturated carbocycles. The maximum atomic E-state index is 5.57. The highest BCUT2D eigenvalue weighted by Crippen LogP contribution is 2.31. The Kier molecular flexibility index (Phi) is 5.46. The van der Waals surface area contributed by atoms with Gasteiger partial charge in [0.25, 0.3) is 0 Å². The van der Waals surface area contributed by atoms with Crippen molar-refractivity contribution in [2.75, 3.05) is 18.1 Å². The van der Waals surface area contributed by atoms with E-state index < -0.39 is 0 Å². The van der Waals surface area contributed by atoms with E-state index in [1.54, 1.807) is 6.26 Å². The fourth-order valence-electron chi connectivity index (χ4n) is 2.42. The largest absolute Gasteiger partial charge is 0.468 e. The molecular formula is C14H23NOS. The van der Waals surface area contributed by atoms with Crippen LogP contribution in [0.4, 0.5) is 0 Å². The van der Waals surface area contributed by atoms with Crippen LogP contribution >= 0.6 is 11.8 Å². The summed E-state index contributed by atoms with van der Waals surface area (Å²) in [5.74, 6) is 4.65. The highest BCUT2D eigenvalue weighted by molar-refractivity contribution is 7.99. The molecule has 0 bridgehead atoms. The molecule has 2 nitrogen and oxygen atoms in total. The van der Waals surface area contributed by atoms with Crippen LogP contribution in [-0.4, -0.2) is 18.1 Å². The predicted octanol–water partition coefficient (Wildman–Crippen LogP) is 3.85. The van der Waals surface area contributed by atoms with Crippen LogP contribution in [0.3, 0.4) is 0 Å². The second-order valence-corrected chi connectivity index (χ2v) is 6.04. The van der Waals surface area contributed by atoms with E-state index in [9.17, 15) is 0 Å². The molecule has 1 aromatic heterocycles. The minimum absolute atomic E-state index is 0.415. The van der Waals surface area contributed by atoms with Gasteiger partial charge in [0, 0.05) is 0 Å². The summed E-state index contributed by atoms with van der Waals surface area (Å²) in [7, 11) is 0. The van der Waals surface area contributed by atoms with E-state index >= 15 is 0 Å². The molecule has 1 aromatic rings. The first-order chi connectivity index (χ1) is 8.40. The van der Waals surface area contributed by atoms with Crippen LogP contribution in [0.1, 0.15) is 44.4 Å². The van der Waals surface area contributed by atoms with E-state index in [2.05, 4.69) is 30.1 Å². The van der Waals surface area contributed by atoms with E-state index in [0.717, 1.165) is 18.2 Å². The number of thioether (sulfide) groups is 1. The summed E-state index contributed by atoms with van der Waals surface area (Å²) < 4.78 is 5.57. The Morgan fingerprint density at radius 2 is 2.29 bits per heavy atom. The van der Waals surface area contributed by atoms with Gasteiger partial charge in [-0.05, 0) is 61.8 Å². The topological polar surface area (TPSA) is 25.2 Å². The van der Waals surface area contributed by atoms with Crippen molar-refractivity contribution in [1.29, 1.82) is 0 Å². The van der Waals surface area contributed by atoms with E-state index in [4.69, 9.17) is 4.42 Å². The van der Waals surface area contributed by atoms with Crippen LogP contribution in [-0.2, 0) is 0 Å². The van der Waals surface area contributed by atoms with Gasteiger partial charge in [-0.2, -0.15) is 11.8 Å². The molecule has 17 heavy (non-hydrogen) atoms. The minimum Gasteiger partial charge on any atom is -0.468 e. The van der Waals surface area contributed by atoms with Crippen LogP contribution in [0.15, 0.2) is 22.8 Å². The summed E-state index contributed by atoms with van der Waals surface area (Å²) in [5.41, 5.74) is 0. The molecule has 0 aliphatic carbocycles. The Morgan fingerprint density at radius 3 is 2.94 bits per heavy atom. The number of rotatable bonds is 6. The van der Waals surface area contributed by atoms with Crippen LogP contribution < -0.4 is 5.32 Å². The van der Waals surface area contributed by atoms with Gasteiger partial charge in [0.1, 0.15) is 5.76 Å². The predicted molar refractivity (Wildman–Crippen MR) is 74.4 cm³/mol. The Bertz CT molecular complexity index is 293. The second kappa shape index (κ2) is 7.12. The number of furan rings is 1. The molecule has 96 valence electrons. The third-order valence-corrected chi connectivity index (χ3v) is 4.49. The summed E-state index contributed by atoms with van der Waals surface area (Å²) in [6, 6.07) is 4.51. The van der Waals surface area contributed by atoms with Gasteiger partial charge >= 0.3 is 0 Å². The summed E-state index contributed by atoms with van der Waals surface area (Å²) in [4.78, 5) is 0. The van der Waals surface area contributed by atoms with Gasteiger partial charge in [-0.15, -0.1) is 0 Å². The molecule has 1 aliphatic rings. The van der Waals surface area contributed by atoms with Crippen LogP contribution in [0.5, 0.6) is 0 Å². The van der Waals surface area contributed by atoms with Crippen molar-refractivity contribution in [2.45, 2.75) is 38.6 Å². The molecule has 1 atom stereocenters. The molecule has 0 aromatic carbocycles. The molecule has 1 N–H and O–H groups in total. The maximum absolute atomic E-state index is 5.57. The van der Waals surface area contributed by atoms with Gasteiger partial charge < -0.3 is 9.73 Å². The monoisotopic (exact) mass is 253 g/mol. The van der Waals surface area contributed by atoms with E-state index in [1.807, 2.05) is 6.07 Å². The summed E-state index contributed by atoms with van der Waals surface area (Å²) in [6.45, 7) is 3.29. The minimum atomic E-state index is 0.415. The lowest BCUT2D eigenvalue weighted by Crippen LogP contribution is -2.25. The SMILES string of the molecule is CCCNC(CC1CCSCC1)c1ccco1. The number of hydrogen-bond acceptors (Lipinski definition) is 3. The number of hydrogen-bond donors (Lipinski definition) is 1. The fourth-order valence-corrected chi connectivity index (χ4v) is 3.63. The Balaban J connectivity index is 1.90. The lowest BCUT2D eigenvalue weighted by Gasteiger charge is -2.26. The molecule has 1 saturated heterocycles. The summed E-state index contributed by atoms with van der Waals surface area (Å²) in [6.07, 6.45) is 6.93. The molecule has 0 radical (unpaired) electrons. The van der Waals surface area contributed by atoms with Crippen molar-refractivity contribution in [3.8, 4) is 0 Å². The van der Waals surface area contributed by atoms with Crippen molar-refractivity contribution < 1.29 is 4.42 Å². The Labute approximate surface area is 109 Å². The van der Waals surface area contributed by atoms with Gasteiger partial charge in [-0.25, -0.2) is 0 Å². The van der Waals surface area contributed by atoms with E-state index in [0.29, 0.717) is 6.04 Å². The van der Waals surface area contributed by atoms with Crippen LogP contribution in [0.2, 0.25) is 0 Å².